The molecule has 238 valence electrons. The number of benzene rings is 4. The second kappa shape index (κ2) is 16.3. The lowest BCUT2D eigenvalue weighted by Crippen LogP contribution is -2.56. The number of anilines is 2. The fourth-order valence-electron chi connectivity index (χ4n) is 5.71. The molecule has 0 spiro atoms. The summed E-state index contributed by atoms with van der Waals surface area (Å²) in [6, 6.07) is 35.6. The van der Waals surface area contributed by atoms with Gasteiger partial charge in [-0.2, -0.15) is 0 Å². The first-order valence-electron chi connectivity index (χ1n) is 16.2. The van der Waals surface area contributed by atoms with Crippen LogP contribution in [0, 0.1) is 0 Å². The predicted molar refractivity (Wildman–Crippen MR) is 184 cm³/mol. The first kappa shape index (κ1) is 32.4. The molecule has 0 unspecified atom stereocenters. The topological polar surface area (TPSA) is 88.7 Å². The summed E-state index contributed by atoms with van der Waals surface area (Å²) in [6.45, 7) is 2.89. The summed E-state index contributed by atoms with van der Waals surface area (Å²) in [4.78, 5) is 25.9. The molecular formula is C39H43N3O4. The zero-order valence-electron chi connectivity index (χ0n) is 26.4. The van der Waals surface area contributed by atoms with Crippen LogP contribution in [0.1, 0.15) is 51.0 Å². The van der Waals surface area contributed by atoms with Gasteiger partial charge in [0, 0.05) is 24.0 Å². The maximum atomic E-state index is 13.9. The third-order valence-electron chi connectivity index (χ3n) is 8.36. The molecule has 4 aromatic carbocycles. The van der Waals surface area contributed by atoms with Gasteiger partial charge in [0.15, 0.2) is 0 Å². The molecule has 7 heteroatoms. The molecule has 0 saturated heterocycles. The van der Waals surface area contributed by atoms with Crippen LogP contribution in [0.3, 0.4) is 0 Å². The van der Waals surface area contributed by atoms with E-state index >= 15 is 0 Å². The second-order valence-electron chi connectivity index (χ2n) is 11.7. The molecule has 1 amide bonds. The monoisotopic (exact) mass is 617 g/mol. The van der Waals surface area contributed by atoms with Crippen molar-refractivity contribution in [1.29, 1.82) is 0 Å². The van der Waals surface area contributed by atoms with Crippen LogP contribution in [0.25, 0.3) is 11.1 Å². The molecule has 4 aromatic rings. The maximum Gasteiger partial charge on any atom is 0.334 e. The summed E-state index contributed by atoms with van der Waals surface area (Å²) in [5.41, 5.74) is 4.44. The summed E-state index contributed by atoms with van der Waals surface area (Å²) in [5.74, 6) is 0.184. The lowest BCUT2D eigenvalue weighted by Gasteiger charge is -2.38. The van der Waals surface area contributed by atoms with Gasteiger partial charge in [-0.3, -0.25) is 4.79 Å². The molecule has 1 aliphatic carbocycles. The van der Waals surface area contributed by atoms with E-state index in [4.69, 9.17) is 9.47 Å². The molecule has 46 heavy (non-hydrogen) atoms. The van der Waals surface area contributed by atoms with Crippen molar-refractivity contribution in [2.75, 3.05) is 17.2 Å². The van der Waals surface area contributed by atoms with Crippen molar-refractivity contribution in [1.82, 2.24) is 5.32 Å². The summed E-state index contributed by atoms with van der Waals surface area (Å²) in [7, 11) is 0. The largest absolute Gasteiger partial charge is 0.465 e. The lowest BCUT2D eigenvalue weighted by atomic mass is 9.80. The number of ether oxygens (including phenoxy) is 2. The van der Waals surface area contributed by atoms with Crippen molar-refractivity contribution in [3.63, 3.8) is 0 Å². The molecule has 1 fully saturated rings. The van der Waals surface area contributed by atoms with Crippen molar-refractivity contribution < 1.29 is 19.1 Å². The van der Waals surface area contributed by atoms with E-state index in [0.29, 0.717) is 12.3 Å². The number of amides is 1. The van der Waals surface area contributed by atoms with E-state index < -0.39 is 11.5 Å². The van der Waals surface area contributed by atoms with E-state index in [1.54, 1.807) is 0 Å². The minimum absolute atomic E-state index is 0.0375. The third kappa shape index (κ3) is 9.24. The van der Waals surface area contributed by atoms with E-state index in [2.05, 4.69) is 53.2 Å². The van der Waals surface area contributed by atoms with Crippen LogP contribution in [0.5, 0.6) is 5.75 Å². The summed E-state index contributed by atoms with van der Waals surface area (Å²) in [6.07, 6.45) is 8.18. The van der Waals surface area contributed by atoms with Crippen LogP contribution in [0.2, 0.25) is 0 Å². The maximum absolute atomic E-state index is 13.9. The Bertz CT molecular complexity index is 1570. The van der Waals surface area contributed by atoms with Gasteiger partial charge in [-0.05, 0) is 72.4 Å². The summed E-state index contributed by atoms with van der Waals surface area (Å²) < 4.78 is 10.8. The van der Waals surface area contributed by atoms with Gasteiger partial charge >= 0.3 is 5.97 Å². The Kier molecular flexibility index (Phi) is 11.5. The molecule has 5 rings (SSSR count). The molecule has 0 aromatic heterocycles. The number of esters is 1. The van der Waals surface area contributed by atoms with Gasteiger partial charge in [-0.25, -0.2) is 4.79 Å². The van der Waals surface area contributed by atoms with Crippen molar-refractivity contribution >= 4 is 23.3 Å². The number of rotatable bonds is 14. The van der Waals surface area contributed by atoms with Crippen LogP contribution in [-0.2, 0) is 20.9 Å². The number of hydrogen-bond donors (Lipinski definition) is 3. The van der Waals surface area contributed by atoms with Crippen LogP contribution < -0.4 is 20.7 Å². The molecule has 3 N–H and O–H groups in total. The lowest BCUT2D eigenvalue weighted by molar-refractivity contribution is -0.139. The number of hydrogen-bond acceptors (Lipinski definition) is 6. The second-order valence-corrected chi connectivity index (χ2v) is 11.7. The number of carbonyl (C=O) groups excluding carboxylic acids is 2. The highest BCUT2D eigenvalue weighted by Crippen LogP contribution is 2.33. The molecule has 0 aliphatic heterocycles. The smallest absolute Gasteiger partial charge is 0.334 e. The van der Waals surface area contributed by atoms with E-state index in [1.807, 2.05) is 78.9 Å². The van der Waals surface area contributed by atoms with Crippen molar-refractivity contribution in [3.8, 4) is 16.9 Å². The van der Waals surface area contributed by atoms with Gasteiger partial charge in [-0.1, -0.05) is 99.0 Å². The van der Waals surface area contributed by atoms with Gasteiger partial charge in [0.25, 0.3) is 0 Å². The SMILES string of the molecule is CC[C@@H](CNc1ccc(O/C=C/C(=O)OCc2ccccc2)cc1)NC(=O)C1(Nc2cccc(-c3ccccc3)c2)CCCCC1. The Labute approximate surface area is 272 Å². The quantitative estimate of drug-likeness (QED) is 0.0753. The molecule has 0 radical (unpaired) electrons. The van der Waals surface area contributed by atoms with Crippen molar-refractivity contribution in [2.24, 2.45) is 0 Å². The zero-order valence-corrected chi connectivity index (χ0v) is 26.4. The fraction of sp³-hybridized carbons (Fsp3) is 0.282. The Morgan fingerprint density at radius 2 is 1.50 bits per heavy atom. The molecule has 0 heterocycles. The Balaban J connectivity index is 1.12. The highest BCUT2D eigenvalue weighted by molar-refractivity contribution is 5.90. The highest BCUT2D eigenvalue weighted by atomic mass is 16.5. The first-order chi connectivity index (χ1) is 22.5. The van der Waals surface area contributed by atoms with Gasteiger partial charge in [-0.15, -0.1) is 0 Å². The van der Waals surface area contributed by atoms with Crippen LogP contribution in [0.15, 0.2) is 122 Å². The minimum Gasteiger partial charge on any atom is -0.465 e. The van der Waals surface area contributed by atoms with Crippen molar-refractivity contribution in [3.05, 3.63) is 127 Å². The van der Waals surface area contributed by atoms with Gasteiger partial charge in [0.05, 0.1) is 12.3 Å². The average Bonchev–Trinajstić information content (AvgIpc) is 3.11. The molecule has 1 atom stereocenters. The van der Waals surface area contributed by atoms with E-state index in [9.17, 15) is 9.59 Å². The normalized spacial score (nSPS) is 14.6. The minimum atomic E-state index is -0.637. The predicted octanol–water partition coefficient (Wildman–Crippen LogP) is 8.11. The molecule has 1 saturated carbocycles. The molecule has 0 bridgehead atoms. The summed E-state index contributed by atoms with van der Waals surface area (Å²) >= 11 is 0. The fourth-order valence-corrected chi connectivity index (χ4v) is 5.71. The van der Waals surface area contributed by atoms with Crippen LogP contribution in [0.4, 0.5) is 11.4 Å². The standard InChI is InChI=1S/C39H43N3O4/c1-2-33(28-40-34-19-21-36(22-20-34)45-26-23-37(43)46-29-30-13-6-3-7-14-30)41-38(44)39(24-10-5-11-25-39)42-35-18-12-17-32(27-35)31-15-8-4-9-16-31/h3-4,6-9,12-23,26-27,33,40,42H,2,5,10-11,24-25,28-29H2,1H3,(H,41,44)/b26-23+/t33-/m0/s1. The average molecular weight is 618 g/mol. The van der Waals surface area contributed by atoms with Crippen molar-refractivity contribution in [2.45, 2.75) is 63.6 Å². The van der Waals surface area contributed by atoms with Gasteiger partial charge in [0.2, 0.25) is 5.91 Å². The van der Waals surface area contributed by atoms with E-state index in [-0.39, 0.29) is 18.6 Å². The highest BCUT2D eigenvalue weighted by Gasteiger charge is 2.40. The molecular weight excluding hydrogens is 574 g/mol. The summed E-state index contributed by atoms with van der Waals surface area (Å²) in [5, 5.41) is 10.5. The van der Waals surface area contributed by atoms with E-state index in [0.717, 1.165) is 66.6 Å². The number of nitrogens with one attached hydrogen (secondary N) is 3. The van der Waals surface area contributed by atoms with E-state index in [1.165, 1.54) is 12.3 Å². The zero-order chi connectivity index (χ0) is 32.0. The Hall–Kier alpha value is -5.04. The molecule has 7 nitrogen and oxygen atoms in total. The van der Waals surface area contributed by atoms with Crippen LogP contribution >= 0.6 is 0 Å². The number of carbonyl (C=O) groups is 2. The Morgan fingerprint density at radius 3 is 2.22 bits per heavy atom. The van der Waals surface area contributed by atoms with Gasteiger partial charge in [0.1, 0.15) is 17.9 Å². The Morgan fingerprint density at radius 1 is 0.804 bits per heavy atom. The first-order valence-corrected chi connectivity index (χ1v) is 16.2. The van der Waals surface area contributed by atoms with Gasteiger partial charge < -0.3 is 25.4 Å². The third-order valence-corrected chi connectivity index (χ3v) is 8.36. The molecule has 1 aliphatic rings. The van der Waals surface area contributed by atoms with Crippen LogP contribution in [-0.4, -0.2) is 30.0 Å².